The molecule has 0 aliphatic carbocycles. The molecule has 8 heteroatoms. The van der Waals surface area contributed by atoms with Gasteiger partial charge >= 0.3 is 5.97 Å². The van der Waals surface area contributed by atoms with E-state index in [1.54, 1.807) is 28.0 Å². The number of hydrogen-bond donors (Lipinski definition) is 0. The molecule has 0 unspecified atom stereocenters. The molecule has 0 amide bonds. The van der Waals surface area contributed by atoms with Crippen molar-refractivity contribution in [2.45, 2.75) is 19.4 Å². The van der Waals surface area contributed by atoms with Crippen molar-refractivity contribution in [3.63, 3.8) is 0 Å². The van der Waals surface area contributed by atoms with E-state index < -0.39 is 0 Å². The lowest BCUT2D eigenvalue weighted by Crippen LogP contribution is -2.24. The van der Waals surface area contributed by atoms with Gasteiger partial charge in [-0.05, 0) is 42.1 Å². The Balaban J connectivity index is 1.86. The lowest BCUT2D eigenvalue weighted by molar-refractivity contribution is -0.140. The van der Waals surface area contributed by atoms with E-state index in [2.05, 4.69) is 0 Å². The normalized spacial score (nSPS) is 11.1. The summed E-state index contributed by atoms with van der Waals surface area (Å²) in [5.41, 5.74) is 1.61. The van der Waals surface area contributed by atoms with Crippen molar-refractivity contribution in [1.29, 1.82) is 0 Å². The largest absolute Gasteiger partial charge is 0.469 e. The minimum absolute atomic E-state index is 0.102. The number of carbonyl (C=O) groups is 1. The highest BCUT2D eigenvalue weighted by molar-refractivity contribution is 7.18. The average Bonchev–Trinajstić information content (AvgIpc) is 3.39. The van der Waals surface area contributed by atoms with Crippen LogP contribution in [0, 0.1) is 0 Å². The maximum atomic E-state index is 13.5. The molecule has 148 valence electrons. The van der Waals surface area contributed by atoms with Crippen LogP contribution in [0.4, 0.5) is 0 Å². The standard InChI is InChI=1S/C21H17ClN2O3S2/c1-27-17(25)5-2-10-24-19(13-6-8-14(22)9-7-13)23-20-18(21(24)26)15(12-29-20)16-4-3-11-28-16/h3-4,6-9,11-12H,2,5,10H2,1H3. The highest BCUT2D eigenvalue weighted by atomic mass is 35.5. The van der Waals surface area contributed by atoms with Crippen LogP contribution in [0.2, 0.25) is 5.02 Å². The summed E-state index contributed by atoms with van der Waals surface area (Å²) in [4.78, 5) is 31.6. The Hall–Kier alpha value is -2.48. The minimum atomic E-state index is -0.296. The highest BCUT2D eigenvalue weighted by Gasteiger charge is 2.18. The Morgan fingerprint density at radius 1 is 1.21 bits per heavy atom. The van der Waals surface area contributed by atoms with Gasteiger partial charge in [-0.3, -0.25) is 14.2 Å². The molecular weight excluding hydrogens is 428 g/mol. The van der Waals surface area contributed by atoms with Crippen LogP contribution >= 0.6 is 34.3 Å². The Labute approximate surface area is 180 Å². The zero-order valence-electron chi connectivity index (χ0n) is 15.6. The molecule has 5 nitrogen and oxygen atoms in total. The van der Waals surface area contributed by atoms with Crippen molar-refractivity contribution in [3.8, 4) is 21.8 Å². The maximum Gasteiger partial charge on any atom is 0.305 e. The van der Waals surface area contributed by atoms with Gasteiger partial charge in [-0.15, -0.1) is 22.7 Å². The molecule has 29 heavy (non-hydrogen) atoms. The van der Waals surface area contributed by atoms with Crippen LogP contribution in [0.1, 0.15) is 12.8 Å². The fourth-order valence-electron chi connectivity index (χ4n) is 3.15. The minimum Gasteiger partial charge on any atom is -0.469 e. The van der Waals surface area contributed by atoms with E-state index >= 15 is 0 Å². The molecule has 4 aromatic rings. The molecule has 1 aromatic carbocycles. The third-order valence-electron chi connectivity index (χ3n) is 4.57. The number of hydrogen-bond acceptors (Lipinski definition) is 6. The molecule has 3 heterocycles. The van der Waals surface area contributed by atoms with Gasteiger partial charge in [-0.2, -0.15) is 0 Å². The second kappa shape index (κ2) is 8.49. The lowest BCUT2D eigenvalue weighted by atomic mass is 10.1. The first kappa shape index (κ1) is 19.8. The molecule has 0 bridgehead atoms. The van der Waals surface area contributed by atoms with E-state index in [-0.39, 0.29) is 17.9 Å². The van der Waals surface area contributed by atoms with Gasteiger partial charge in [0, 0.05) is 39.4 Å². The predicted molar refractivity (Wildman–Crippen MR) is 119 cm³/mol. The molecule has 0 saturated heterocycles. The number of benzene rings is 1. The molecule has 0 fully saturated rings. The topological polar surface area (TPSA) is 61.2 Å². The van der Waals surface area contributed by atoms with Gasteiger partial charge in [0.1, 0.15) is 10.7 Å². The fraction of sp³-hybridized carbons (Fsp3) is 0.190. The lowest BCUT2D eigenvalue weighted by Gasteiger charge is -2.13. The van der Waals surface area contributed by atoms with Crippen molar-refractivity contribution < 1.29 is 9.53 Å². The van der Waals surface area contributed by atoms with Crippen molar-refractivity contribution >= 4 is 50.5 Å². The number of carbonyl (C=O) groups excluding carboxylic acids is 1. The van der Waals surface area contributed by atoms with Crippen molar-refractivity contribution in [2.75, 3.05) is 7.11 Å². The van der Waals surface area contributed by atoms with Gasteiger partial charge in [-0.1, -0.05) is 17.7 Å². The van der Waals surface area contributed by atoms with Gasteiger partial charge < -0.3 is 4.74 Å². The van der Waals surface area contributed by atoms with Crippen LogP contribution in [0.3, 0.4) is 0 Å². The molecule has 0 aliphatic heterocycles. The zero-order chi connectivity index (χ0) is 20.4. The second-order valence-corrected chi connectivity index (χ2v) is 8.63. The van der Waals surface area contributed by atoms with Crippen LogP contribution in [0.25, 0.3) is 32.0 Å². The first-order chi connectivity index (χ1) is 14.1. The Morgan fingerprint density at radius 3 is 2.69 bits per heavy atom. The SMILES string of the molecule is COC(=O)CCCn1c(-c2ccc(Cl)cc2)nc2scc(-c3cccs3)c2c1=O. The van der Waals surface area contributed by atoms with E-state index in [1.807, 2.05) is 35.0 Å². The summed E-state index contributed by atoms with van der Waals surface area (Å²) in [6.07, 6.45) is 0.723. The number of methoxy groups -OCH3 is 1. The molecule has 0 spiro atoms. The van der Waals surface area contributed by atoms with Gasteiger partial charge in [0.2, 0.25) is 0 Å². The Bertz CT molecular complexity index is 1210. The molecule has 0 saturated carbocycles. The number of fused-ring (bicyclic) bond motifs is 1. The van der Waals surface area contributed by atoms with E-state index in [9.17, 15) is 9.59 Å². The van der Waals surface area contributed by atoms with E-state index in [0.717, 1.165) is 16.0 Å². The highest BCUT2D eigenvalue weighted by Crippen LogP contribution is 2.34. The van der Waals surface area contributed by atoms with Gasteiger partial charge in [0.25, 0.3) is 5.56 Å². The molecular formula is C21H17ClN2O3S2. The molecule has 0 N–H and O–H groups in total. The molecule has 4 rings (SSSR count). The van der Waals surface area contributed by atoms with Crippen LogP contribution in [0.5, 0.6) is 0 Å². The van der Waals surface area contributed by atoms with E-state index in [4.69, 9.17) is 21.3 Å². The van der Waals surface area contributed by atoms with Gasteiger partial charge in [0.15, 0.2) is 0 Å². The maximum absolute atomic E-state index is 13.5. The van der Waals surface area contributed by atoms with Crippen LogP contribution in [-0.2, 0) is 16.1 Å². The molecule has 0 radical (unpaired) electrons. The summed E-state index contributed by atoms with van der Waals surface area (Å²) < 4.78 is 6.37. The number of halogens is 1. The zero-order valence-corrected chi connectivity index (χ0v) is 17.9. The number of aromatic nitrogens is 2. The summed E-state index contributed by atoms with van der Waals surface area (Å²) in [5.74, 6) is 0.276. The smallest absolute Gasteiger partial charge is 0.305 e. The molecule has 0 aliphatic rings. The average molecular weight is 445 g/mol. The summed E-state index contributed by atoms with van der Waals surface area (Å²) >= 11 is 9.08. The van der Waals surface area contributed by atoms with Crippen molar-refractivity contribution in [2.24, 2.45) is 0 Å². The third-order valence-corrected chi connectivity index (χ3v) is 6.60. The molecule has 3 aromatic heterocycles. The number of ether oxygens (including phenoxy) is 1. The number of esters is 1. The molecule has 0 atom stereocenters. The van der Waals surface area contributed by atoms with Gasteiger partial charge in [0.05, 0.1) is 12.5 Å². The number of rotatable bonds is 6. The summed E-state index contributed by atoms with van der Waals surface area (Å²) in [5, 5.41) is 5.21. The van der Waals surface area contributed by atoms with E-state index in [0.29, 0.717) is 34.0 Å². The van der Waals surface area contributed by atoms with Gasteiger partial charge in [-0.25, -0.2) is 4.98 Å². The summed E-state index contributed by atoms with van der Waals surface area (Å²) in [6.45, 7) is 0.370. The summed E-state index contributed by atoms with van der Waals surface area (Å²) in [6, 6.07) is 11.2. The first-order valence-electron chi connectivity index (χ1n) is 8.97. The second-order valence-electron chi connectivity index (χ2n) is 6.39. The fourth-order valence-corrected chi connectivity index (χ4v) is 5.03. The Morgan fingerprint density at radius 2 is 2.00 bits per heavy atom. The quantitative estimate of drug-likeness (QED) is 0.370. The van der Waals surface area contributed by atoms with E-state index in [1.165, 1.54) is 18.4 Å². The van der Waals surface area contributed by atoms with Crippen LogP contribution < -0.4 is 5.56 Å². The third kappa shape index (κ3) is 3.99. The van der Waals surface area contributed by atoms with Crippen LogP contribution in [0.15, 0.2) is 52.0 Å². The monoisotopic (exact) mass is 444 g/mol. The first-order valence-corrected chi connectivity index (χ1v) is 11.1. The summed E-state index contributed by atoms with van der Waals surface area (Å²) in [7, 11) is 1.36. The Kier molecular flexibility index (Phi) is 5.80. The van der Waals surface area contributed by atoms with Crippen LogP contribution in [-0.4, -0.2) is 22.6 Å². The predicted octanol–water partition coefficient (Wildman–Crippen LogP) is 5.46. The number of thiophene rings is 2. The van der Waals surface area contributed by atoms with Crippen molar-refractivity contribution in [3.05, 3.63) is 62.5 Å². The van der Waals surface area contributed by atoms with Crippen molar-refractivity contribution in [1.82, 2.24) is 9.55 Å². The number of nitrogens with zero attached hydrogens (tertiary/aromatic N) is 2.